The van der Waals surface area contributed by atoms with E-state index in [1.807, 2.05) is 24.3 Å². The van der Waals surface area contributed by atoms with Crippen LogP contribution in [0.15, 0.2) is 24.3 Å². The Bertz CT molecular complexity index is 474. The summed E-state index contributed by atoms with van der Waals surface area (Å²) in [5.41, 5.74) is -0.106. The minimum atomic E-state index is -0.862. The molecule has 1 fully saturated rings. The first-order valence-corrected chi connectivity index (χ1v) is 8.58. The maximum absolute atomic E-state index is 11.7. The Morgan fingerprint density at radius 3 is 2.86 bits per heavy atom. The molecule has 22 heavy (non-hydrogen) atoms. The summed E-state index contributed by atoms with van der Waals surface area (Å²) >= 11 is 6.17. The molecule has 0 bridgehead atoms. The van der Waals surface area contributed by atoms with Gasteiger partial charge in [0, 0.05) is 30.7 Å². The molecule has 1 aromatic carbocycles. The Hall–Kier alpha value is -0.610. The van der Waals surface area contributed by atoms with E-state index in [9.17, 15) is 5.11 Å². The number of ether oxygens (including phenoxy) is 1. The number of piperidine rings is 1. The van der Waals surface area contributed by atoms with Gasteiger partial charge in [0.15, 0.2) is 0 Å². The molecule has 0 radical (unpaired) electrons. The van der Waals surface area contributed by atoms with E-state index in [0.717, 1.165) is 57.4 Å². The second-order valence-electron chi connectivity index (χ2n) is 6.66. The standard InChI is InChI=1S/C18H28ClNO2/c1-17(9-6-11-20-14-17)18(21,10-3-4-12-22-2)15-7-5-8-16(19)13-15/h5,7-8,13,20-21H,3-4,6,9-12,14H2,1-2H3/t17-,18-/m1/s1. The lowest BCUT2D eigenvalue weighted by Gasteiger charge is -2.48. The Balaban J connectivity index is 2.26. The Morgan fingerprint density at radius 2 is 2.23 bits per heavy atom. The second-order valence-corrected chi connectivity index (χ2v) is 7.10. The minimum absolute atomic E-state index is 0.178. The van der Waals surface area contributed by atoms with E-state index in [-0.39, 0.29) is 5.41 Å². The average Bonchev–Trinajstić information content (AvgIpc) is 2.52. The van der Waals surface area contributed by atoms with Gasteiger partial charge >= 0.3 is 0 Å². The van der Waals surface area contributed by atoms with Crippen LogP contribution in [0.2, 0.25) is 5.02 Å². The SMILES string of the molecule is COCCCC[C@@](O)(c1cccc(Cl)c1)[C@]1(C)CCCNC1. The molecular weight excluding hydrogens is 298 g/mol. The van der Waals surface area contributed by atoms with Crippen LogP contribution in [0.3, 0.4) is 0 Å². The highest BCUT2D eigenvalue weighted by Crippen LogP contribution is 2.47. The Morgan fingerprint density at radius 1 is 1.41 bits per heavy atom. The molecule has 0 unspecified atom stereocenters. The van der Waals surface area contributed by atoms with Crippen LogP contribution in [-0.2, 0) is 10.3 Å². The molecule has 3 nitrogen and oxygen atoms in total. The average molecular weight is 326 g/mol. The Labute approximate surface area is 139 Å². The van der Waals surface area contributed by atoms with Gasteiger partial charge in [-0.25, -0.2) is 0 Å². The smallest absolute Gasteiger partial charge is 0.0962 e. The fourth-order valence-electron chi connectivity index (χ4n) is 3.58. The molecule has 1 aliphatic rings. The van der Waals surface area contributed by atoms with Gasteiger partial charge in [0.2, 0.25) is 0 Å². The van der Waals surface area contributed by atoms with Crippen molar-refractivity contribution in [2.75, 3.05) is 26.8 Å². The Kier molecular flexibility index (Phi) is 6.27. The van der Waals surface area contributed by atoms with E-state index in [0.29, 0.717) is 5.02 Å². The van der Waals surface area contributed by atoms with Crippen LogP contribution >= 0.6 is 11.6 Å². The molecule has 2 N–H and O–H groups in total. The molecule has 2 atom stereocenters. The van der Waals surface area contributed by atoms with Crippen molar-refractivity contribution in [2.45, 2.75) is 44.6 Å². The van der Waals surface area contributed by atoms with E-state index < -0.39 is 5.60 Å². The van der Waals surface area contributed by atoms with Crippen LogP contribution < -0.4 is 5.32 Å². The molecule has 0 saturated carbocycles. The summed E-state index contributed by atoms with van der Waals surface area (Å²) in [6, 6.07) is 7.70. The van der Waals surface area contributed by atoms with Gasteiger partial charge in [0.05, 0.1) is 5.60 Å². The third kappa shape index (κ3) is 3.83. The van der Waals surface area contributed by atoms with Gasteiger partial charge in [-0.15, -0.1) is 0 Å². The molecule has 0 spiro atoms. The summed E-state index contributed by atoms with van der Waals surface area (Å²) in [5, 5.41) is 15.8. The highest BCUT2D eigenvalue weighted by atomic mass is 35.5. The van der Waals surface area contributed by atoms with Crippen LogP contribution in [0.4, 0.5) is 0 Å². The molecule has 124 valence electrons. The number of aliphatic hydroxyl groups is 1. The monoisotopic (exact) mass is 325 g/mol. The van der Waals surface area contributed by atoms with Crippen LogP contribution in [0, 0.1) is 5.41 Å². The maximum atomic E-state index is 11.7. The van der Waals surface area contributed by atoms with E-state index in [2.05, 4.69) is 12.2 Å². The zero-order chi connectivity index (χ0) is 16.1. The third-order valence-corrected chi connectivity index (χ3v) is 5.27. The van der Waals surface area contributed by atoms with Gasteiger partial charge in [-0.1, -0.05) is 30.7 Å². The molecule has 1 aliphatic heterocycles. The lowest BCUT2D eigenvalue weighted by Crippen LogP contribution is -2.52. The van der Waals surface area contributed by atoms with Crippen molar-refractivity contribution < 1.29 is 9.84 Å². The van der Waals surface area contributed by atoms with Crippen molar-refractivity contribution in [3.63, 3.8) is 0 Å². The summed E-state index contributed by atoms with van der Waals surface area (Å²) in [5.74, 6) is 0. The summed E-state index contributed by atoms with van der Waals surface area (Å²) in [7, 11) is 1.72. The highest BCUT2D eigenvalue weighted by Gasteiger charge is 2.47. The van der Waals surface area contributed by atoms with E-state index in [1.165, 1.54) is 0 Å². The number of methoxy groups -OCH3 is 1. The van der Waals surface area contributed by atoms with Gasteiger partial charge in [-0.05, 0) is 56.3 Å². The molecule has 1 saturated heterocycles. The van der Waals surface area contributed by atoms with Crippen molar-refractivity contribution in [1.29, 1.82) is 0 Å². The first-order valence-electron chi connectivity index (χ1n) is 8.20. The lowest BCUT2D eigenvalue weighted by atomic mass is 9.64. The third-order valence-electron chi connectivity index (χ3n) is 5.03. The normalized spacial score (nSPS) is 24.9. The zero-order valence-electron chi connectivity index (χ0n) is 13.7. The molecule has 0 aliphatic carbocycles. The van der Waals surface area contributed by atoms with Crippen molar-refractivity contribution in [2.24, 2.45) is 5.41 Å². The van der Waals surface area contributed by atoms with Gasteiger partial charge in [0.1, 0.15) is 0 Å². The first kappa shape index (κ1) is 17.7. The van der Waals surface area contributed by atoms with Gasteiger partial charge in [0.25, 0.3) is 0 Å². The number of rotatable bonds is 7. The molecule has 0 aromatic heterocycles. The minimum Gasteiger partial charge on any atom is -0.385 e. The number of halogens is 1. The zero-order valence-corrected chi connectivity index (χ0v) is 14.5. The first-order chi connectivity index (χ1) is 10.5. The molecule has 2 rings (SSSR count). The summed E-state index contributed by atoms with van der Waals surface area (Å²) in [4.78, 5) is 0. The van der Waals surface area contributed by atoms with E-state index >= 15 is 0 Å². The van der Waals surface area contributed by atoms with Gasteiger partial charge < -0.3 is 15.2 Å². The fourth-order valence-corrected chi connectivity index (χ4v) is 3.77. The predicted octanol–water partition coefficient (Wildman–Crippen LogP) is 3.73. The number of hydrogen-bond acceptors (Lipinski definition) is 3. The van der Waals surface area contributed by atoms with E-state index in [4.69, 9.17) is 16.3 Å². The van der Waals surface area contributed by atoms with Crippen LogP contribution in [0.5, 0.6) is 0 Å². The van der Waals surface area contributed by atoms with Crippen molar-refractivity contribution in [3.05, 3.63) is 34.9 Å². The fraction of sp³-hybridized carbons (Fsp3) is 0.667. The molecular formula is C18H28ClNO2. The van der Waals surface area contributed by atoms with Crippen molar-refractivity contribution in [1.82, 2.24) is 5.32 Å². The highest BCUT2D eigenvalue weighted by molar-refractivity contribution is 6.30. The number of hydrogen-bond donors (Lipinski definition) is 2. The molecule has 1 aromatic rings. The summed E-state index contributed by atoms with van der Waals surface area (Å²) in [6.07, 6.45) is 4.74. The number of unbranched alkanes of at least 4 members (excludes halogenated alkanes) is 1. The topological polar surface area (TPSA) is 41.5 Å². The summed E-state index contributed by atoms with van der Waals surface area (Å²) in [6.45, 7) is 4.79. The van der Waals surface area contributed by atoms with Crippen molar-refractivity contribution in [3.8, 4) is 0 Å². The van der Waals surface area contributed by atoms with Crippen LogP contribution in [0.25, 0.3) is 0 Å². The van der Waals surface area contributed by atoms with Gasteiger partial charge in [-0.2, -0.15) is 0 Å². The molecule has 0 amide bonds. The number of nitrogens with one attached hydrogen (secondary N) is 1. The van der Waals surface area contributed by atoms with Crippen molar-refractivity contribution >= 4 is 11.6 Å². The predicted molar refractivity (Wildman–Crippen MR) is 91.3 cm³/mol. The number of benzene rings is 1. The summed E-state index contributed by atoms with van der Waals surface area (Å²) < 4.78 is 5.14. The van der Waals surface area contributed by atoms with Crippen LogP contribution in [-0.4, -0.2) is 31.9 Å². The molecule has 1 heterocycles. The molecule has 4 heteroatoms. The largest absolute Gasteiger partial charge is 0.385 e. The second kappa shape index (κ2) is 7.78. The quantitative estimate of drug-likeness (QED) is 0.750. The lowest BCUT2D eigenvalue weighted by molar-refractivity contribution is -0.102. The van der Waals surface area contributed by atoms with E-state index in [1.54, 1.807) is 7.11 Å². The van der Waals surface area contributed by atoms with Gasteiger partial charge in [-0.3, -0.25) is 0 Å². The maximum Gasteiger partial charge on any atom is 0.0962 e. The van der Waals surface area contributed by atoms with Crippen LogP contribution in [0.1, 0.15) is 44.6 Å².